The summed E-state index contributed by atoms with van der Waals surface area (Å²) in [7, 11) is -2.38. The number of benzene rings is 1. The van der Waals surface area contributed by atoms with Gasteiger partial charge in [0.15, 0.2) is 8.38 Å². The minimum Gasteiger partial charge on any atom is -0.349 e. The SMILES string of the molecule is O=C1CCC(n2c(=O)n(CP(O)O)c3cc(C4CCN(C(=O)C5CCCCC5)CC4)ccc32)C(=O)N1. The number of hydrogen-bond acceptors (Lipinski definition) is 6. The van der Waals surface area contributed by atoms with Gasteiger partial charge in [-0.05, 0) is 55.7 Å². The van der Waals surface area contributed by atoms with Gasteiger partial charge in [-0.1, -0.05) is 25.3 Å². The Balaban J connectivity index is 1.40. The number of rotatable bonds is 5. The molecule has 1 unspecified atom stereocenters. The topological polar surface area (TPSA) is 134 Å². The van der Waals surface area contributed by atoms with Crippen LogP contribution in [0, 0.1) is 5.92 Å². The Bertz CT molecular complexity index is 1220. The van der Waals surface area contributed by atoms with Crippen LogP contribution < -0.4 is 11.0 Å². The van der Waals surface area contributed by atoms with Gasteiger partial charge < -0.3 is 14.7 Å². The van der Waals surface area contributed by atoms with Gasteiger partial charge in [-0.15, -0.1) is 0 Å². The van der Waals surface area contributed by atoms with Crippen molar-refractivity contribution in [1.82, 2.24) is 19.4 Å². The third-order valence-electron chi connectivity index (χ3n) is 8.01. The summed E-state index contributed by atoms with van der Waals surface area (Å²) in [4.78, 5) is 71.8. The predicted octanol–water partition coefficient (Wildman–Crippen LogP) is 2.32. The van der Waals surface area contributed by atoms with Crippen molar-refractivity contribution >= 4 is 37.1 Å². The van der Waals surface area contributed by atoms with Crippen LogP contribution in [0.4, 0.5) is 0 Å². The van der Waals surface area contributed by atoms with E-state index in [1.807, 2.05) is 23.1 Å². The molecule has 1 aliphatic carbocycles. The Hall–Kier alpha value is -2.55. The maximum atomic E-state index is 13.3. The first kappa shape index (κ1) is 25.1. The number of likely N-dealkylation sites (tertiary alicyclic amines) is 1. The molecule has 3 N–H and O–H groups in total. The van der Waals surface area contributed by atoms with Crippen LogP contribution in [0.15, 0.2) is 23.0 Å². The molecule has 3 amide bonds. The first-order valence-corrected chi connectivity index (χ1v) is 14.3. The Kier molecular flexibility index (Phi) is 7.28. The van der Waals surface area contributed by atoms with Crippen molar-refractivity contribution in [2.24, 2.45) is 5.92 Å². The van der Waals surface area contributed by atoms with Crippen LogP contribution in [0.5, 0.6) is 0 Å². The van der Waals surface area contributed by atoms with Crippen molar-refractivity contribution in [3.63, 3.8) is 0 Å². The Morgan fingerprint density at radius 3 is 2.36 bits per heavy atom. The summed E-state index contributed by atoms with van der Waals surface area (Å²) in [5, 5.41) is 2.30. The number of nitrogens with zero attached hydrogens (tertiary/aromatic N) is 3. The van der Waals surface area contributed by atoms with Crippen molar-refractivity contribution in [2.75, 3.05) is 13.1 Å². The molecule has 1 saturated carbocycles. The van der Waals surface area contributed by atoms with Crippen LogP contribution in [0.3, 0.4) is 0 Å². The fraction of sp³-hybridized carbons (Fsp3) is 0.600. The average Bonchev–Trinajstić information content (AvgIpc) is 3.14. The Morgan fingerprint density at radius 2 is 1.69 bits per heavy atom. The molecule has 10 nitrogen and oxygen atoms in total. The van der Waals surface area contributed by atoms with E-state index in [1.54, 1.807) is 0 Å². The Labute approximate surface area is 210 Å². The van der Waals surface area contributed by atoms with Gasteiger partial charge in [0.1, 0.15) is 6.04 Å². The highest BCUT2D eigenvalue weighted by Gasteiger charge is 2.33. The monoisotopic (exact) mass is 516 g/mol. The number of piperidine rings is 2. The van der Waals surface area contributed by atoms with E-state index in [0.717, 1.165) is 44.1 Å². The second-order valence-corrected chi connectivity index (χ2v) is 11.3. The highest BCUT2D eigenvalue weighted by molar-refractivity contribution is 7.43. The van der Waals surface area contributed by atoms with Crippen LogP contribution in [0.1, 0.15) is 75.3 Å². The molecule has 0 bridgehead atoms. The van der Waals surface area contributed by atoms with Crippen LogP contribution in [-0.4, -0.2) is 54.6 Å². The molecule has 194 valence electrons. The number of carbonyl (C=O) groups is 3. The maximum Gasteiger partial charge on any atom is 0.330 e. The van der Waals surface area contributed by atoms with E-state index in [4.69, 9.17) is 0 Å². The van der Waals surface area contributed by atoms with E-state index in [2.05, 4.69) is 5.32 Å². The molecule has 36 heavy (non-hydrogen) atoms. The first-order chi connectivity index (χ1) is 17.3. The molecule has 0 spiro atoms. The van der Waals surface area contributed by atoms with Gasteiger partial charge in [0.25, 0.3) is 0 Å². The lowest BCUT2D eigenvalue weighted by Gasteiger charge is -2.35. The minimum atomic E-state index is -2.38. The summed E-state index contributed by atoms with van der Waals surface area (Å²) < 4.78 is 2.68. The van der Waals surface area contributed by atoms with E-state index in [1.165, 1.54) is 15.6 Å². The fourth-order valence-electron chi connectivity index (χ4n) is 6.08. The third kappa shape index (κ3) is 4.86. The summed E-state index contributed by atoms with van der Waals surface area (Å²) >= 11 is 0. The zero-order valence-electron chi connectivity index (χ0n) is 20.3. The molecular weight excluding hydrogens is 483 g/mol. The number of hydrogen-bond donors (Lipinski definition) is 3. The van der Waals surface area contributed by atoms with Crippen LogP contribution in [-0.2, 0) is 20.7 Å². The summed E-state index contributed by atoms with van der Waals surface area (Å²) in [6.07, 6.45) is 7.23. The minimum absolute atomic E-state index is 0.137. The van der Waals surface area contributed by atoms with E-state index in [-0.39, 0.29) is 42.8 Å². The predicted molar refractivity (Wildman–Crippen MR) is 134 cm³/mol. The van der Waals surface area contributed by atoms with Crippen LogP contribution in [0.2, 0.25) is 0 Å². The van der Waals surface area contributed by atoms with Gasteiger partial charge in [0, 0.05) is 25.4 Å². The van der Waals surface area contributed by atoms with Gasteiger partial charge in [-0.3, -0.25) is 28.8 Å². The number of amides is 3. The van der Waals surface area contributed by atoms with Crippen molar-refractivity contribution in [1.29, 1.82) is 0 Å². The van der Waals surface area contributed by atoms with E-state index in [9.17, 15) is 29.0 Å². The van der Waals surface area contributed by atoms with Gasteiger partial charge in [0.2, 0.25) is 17.7 Å². The average molecular weight is 517 g/mol. The number of nitrogens with one attached hydrogen (secondary N) is 1. The molecular formula is C25H33N4O6P. The molecule has 2 saturated heterocycles. The lowest BCUT2D eigenvalue weighted by molar-refractivity contribution is -0.138. The lowest BCUT2D eigenvalue weighted by Crippen LogP contribution is -2.44. The largest absolute Gasteiger partial charge is 0.349 e. The second-order valence-electron chi connectivity index (χ2n) is 10.2. The van der Waals surface area contributed by atoms with Crippen LogP contribution >= 0.6 is 8.38 Å². The molecule has 3 aliphatic rings. The quantitative estimate of drug-likeness (QED) is 0.413. The van der Waals surface area contributed by atoms with Crippen molar-refractivity contribution in [3.8, 4) is 0 Å². The van der Waals surface area contributed by atoms with Crippen molar-refractivity contribution in [2.45, 2.75) is 76.0 Å². The number of imide groups is 1. The smallest absolute Gasteiger partial charge is 0.330 e. The molecule has 3 fully saturated rings. The normalized spacial score (nSPS) is 22.4. The molecule has 3 heterocycles. The summed E-state index contributed by atoms with van der Waals surface area (Å²) in [6, 6.07) is 4.84. The van der Waals surface area contributed by atoms with Crippen LogP contribution in [0.25, 0.3) is 11.0 Å². The summed E-state index contributed by atoms with van der Waals surface area (Å²) in [5.74, 6) is -0.213. The highest BCUT2D eigenvalue weighted by Crippen LogP contribution is 2.35. The zero-order chi connectivity index (χ0) is 25.4. The first-order valence-electron chi connectivity index (χ1n) is 12.9. The van der Waals surface area contributed by atoms with Gasteiger partial charge >= 0.3 is 5.69 Å². The number of aromatic nitrogens is 2. The zero-order valence-corrected chi connectivity index (χ0v) is 21.2. The molecule has 11 heteroatoms. The van der Waals surface area contributed by atoms with Gasteiger partial charge in [0.05, 0.1) is 17.3 Å². The number of fused-ring (bicyclic) bond motifs is 1. The standard InChI is InChI=1S/C25H33N4O6P/c30-22-9-8-20(23(31)26-22)29-19-7-6-18(14-21(19)28(25(29)33)15-36(34)35)16-10-12-27(13-11-16)24(32)17-4-2-1-3-5-17/h6-7,14,16-17,20,34-35H,1-5,8-13,15H2,(H,26,30,31). The molecule has 2 aliphatic heterocycles. The lowest BCUT2D eigenvalue weighted by atomic mass is 9.86. The molecule has 2 aromatic rings. The summed E-state index contributed by atoms with van der Waals surface area (Å²) in [5.41, 5.74) is 1.60. The van der Waals surface area contributed by atoms with Crippen molar-refractivity contribution < 1.29 is 24.2 Å². The molecule has 1 atom stereocenters. The molecule has 5 rings (SSSR count). The fourth-order valence-corrected chi connectivity index (χ4v) is 6.61. The Morgan fingerprint density at radius 1 is 0.972 bits per heavy atom. The second kappa shape index (κ2) is 10.4. The van der Waals surface area contributed by atoms with Gasteiger partial charge in [-0.2, -0.15) is 0 Å². The highest BCUT2D eigenvalue weighted by atomic mass is 31.2. The van der Waals surface area contributed by atoms with E-state index in [0.29, 0.717) is 24.1 Å². The number of imidazole rings is 1. The maximum absolute atomic E-state index is 13.3. The number of carbonyl (C=O) groups excluding carboxylic acids is 3. The van der Waals surface area contributed by atoms with Gasteiger partial charge in [-0.25, -0.2) is 4.79 Å². The van der Waals surface area contributed by atoms with E-state index < -0.39 is 26.0 Å². The summed E-state index contributed by atoms with van der Waals surface area (Å²) in [6.45, 7) is 1.42. The van der Waals surface area contributed by atoms with E-state index >= 15 is 0 Å². The molecule has 0 radical (unpaired) electrons. The molecule has 1 aromatic carbocycles. The van der Waals surface area contributed by atoms with Crippen molar-refractivity contribution in [3.05, 3.63) is 34.2 Å². The third-order valence-corrected chi connectivity index (χ3v) is 8.54. The molecule has 1 aromatic heterocycles.